The number of hydrogen-bond donors (Lipinski definition) is 3. The molecule has 0 spiro atoms. The normalized spacial score (nSPS) is 14.0. The highest BCUT2D eigenvalue weighted by Gasteiger charge is 2.30. The molecular weight excluding hydrogens is 1350 g/mol. The van der Waals surface area contributed by atoms with Crippen LogP contribution in [0.25, 0.3) is 0 Å². The summed E-state index contributed by atoms with van der Waals surface area (Å²) in [5, 5.41) is 10.7. The van der Waals surface area contributed by atoms with Crippen molar-refractivity contribution in [2.24, 2.45) is 5.92 Å². The van der Waals surface area contributed by atoms with Crippen LogP contribution in [0.4, 0.5) is 0 Å². The van der Waals surface area contributed by atoms with Gasteiger partial charge in [-0.3, -0.25) is 37.3 Å². The highest BCUT2D eigenvalue weighted by molar-refractivity contribution is 7.47. The summed E-state index contributed by atoms with van der Waals surface area (Å²) >= 11 is 0. The number of rotatable bonds is 85. The maximum absolute atomic E-state index is 13.1. The fourth-order valence-corrected chi connectivity index (χ4v) is 14.8. The number of esters is 4. The molecule has 0 rings (SSSR count). The van der Waals surface area contributed by atoms with E-state index in [0.29, 0.717) is 25.7 Å². The summed E-state index contributed by atoms with van der Waals surface area (Å²) < 4.78 is 68.8. The van der Waals surface area contributed by atoms with Gasteiger partial charge in [-0.25, -0.2) is 9.13 Å². The van der Waals surface area contributed by atoms with Crippen molar-refractivity contribution in [1.82, 2.24) is 0 Å². The van der Waals surface area contributed by atoms with Crippen LogP contribution in [0, 0.1) is 5.92 Å². The lowest BCUT2D eigenvalue weighted by Gasteiger charge is -2.21. The van der Waals surface area contributed by atoms with Gasteiger partial charge in [0.1, 0.15) is 19.3 Å². The molecule has 17 nitrogen and oxygen atoms in total. The van der Waals surface area contributed by atoms with Gasteiger partial charge < -0.3 is 33.8 Å². The molecule has 0 aliphatic heterocycles. The van der Waals surface area contributed by atoms with E-state index in [2.05, 4.69) is 34.6 Å². The van der Waals surface area contributed by atoms with Gasteiger partial charge in [-0.05, 0) is 31.6 Å². The van der Waals surface area contributed by atoms with Gasteiger partial charge in [-0.2, -0.15) is 0 Å². The Morgan fingerprint density at radius 3 is 0.683 bits per heavy atom. The number of carbonyl (C=O) groups excluding carboxylic acids is 4. The molecule has 0 saturated carbocycles. The van der Waals surface area contributed by atoms with Gasteiger partial charge in [0.05, 0.1) is 26.4 Å². The average Bonchev–Trinajstić information content (AvgIpc) is 0.904. The number of hydrogen-bond acceptors (Lipinski definition) is 15. The molecule has 3 unspecified atom stereocenters. The fraction of sp³-hybridized carbons (Fsp3) is 0.953. The zero-order valence-electron chi connectivity index (χ0n) is 68.2. The minimum atomic E-state index is -4.96. The molecule has 0 aliphatic rings. The summed E-state index contributed by atoms with van der Waals surface area (Å²) in [5.74, 6) is -1.23. The Morgan fingerprint density at radius 2 is 0.462 bits per heavy atom. The number of unbranched alkanes of at least 4 members (excludes halogenated alkanes) is 56. The van der Waals surface area contributed by atoms with Crippen LogP contribution in [0.15, 0.2) is 0 Å². The molecule has 0 aromatic rings. The van der Waals surface area contributed by atoms with Crippen molar-refractivity contribution in [2.45, 2.75) is 477 Å². The molecule has 104 heavy (non-hydrogen) atoms. The Hall–Kier alpha value is -1.94. The number of phosphoric ester groups is 2. The molecule has 0 aromatic heterocycles. The van der Waals surface area contributed by atoms with Gasteiger partial charge in [0, 0.05) is 25.7 Å². The number of aliphatic hydroxyl groups is 1. The van der Waals surface area contributed by atoms with Crippen LogP contribution in [0.2, 0.25) is 0 Å². The summed E-state index contributed by atoms with van der Waals surface area (Å²) in [6.45, 7) is 7.40. The summed E-state index contributed by atoms with van der Waals surface area (Å²) in [5.41, 5.74) is 0. The lowest BCUT2D eigenvalue weighted by atomic mass is 9.99. The number of carbonyl (C=O) groups is 4. The molecule has 618 valence electrons. The molecule has 0 amide bonds. The molecule has 0 heterocycles. The van der Waals surface area contributed by atoms with Crippen LogP contribution in [0.5, 0.6) is 0 Å². The monoisotopic (exact) mass is 1520 g/mol. The quantitative estimate of drug-likeness (QED) is 0.0222. The highest BCUT2D eigenvalue weighted by Crippen LogP contribution is 2.45. The van der Waals surface area contributed by atoms with Crippen LogP contribution in [0.3, 0.4) is 0 Å². The highest BCUT2D eigenvalue weighted by atomic mass is 31.2. The van der Waals surface area contributed by atoms with E-state index < -0.39 is 97.5 Å². The van der Waals surface area contributed by atoms with Gasteiger partial charge in [-0.1, -0.05) is 407 Å². The first-order chi connectivity index (χ1) is 50.6. The second-order valence-electron chi connectivity index (χ2n) is 30.8. The zero-order valence-corrected chi connectivity index (χ0v) is 70.0. The number of phosphoric acid groups is 2. The molecule has 0 aliphatic carbocycles. The van der Waals surface area contributed by atoms with Crippen LogP contribution < -0.4 is 0 Å². The van der Waals surface area contributed by atoms with E-state index in [1.54, 1.807) is 0 Å². The molecular formula is C85H166O17P2. The van der Waals surface area contributed by atoms with Gasteiger partial charge in [0.15, 0.2) is 12.2 Å². The minimum Gasteiger partial charge on any atom is -0.462 e. The van der Waals surface area contributed by atoms with Crippen molar-refractivity contribution in [3.8, 4) is 0 Å². The van der Waals surface area contributed by atoms with Crippen LogP contribution in [-0.2, 0) is 65.4 Å². The predicted octanol–water partition coefficient (Wildman–Crippen LogP) is 26.0. The molecule has 0 bridgehead atoms. The van der Waals surface area contributed by atoms with Gasteiger partial charge in [0.25, 0.3) is 0 Å². The van der Waals surface area contributed by atoms with Gasteiger partial charge >= 0.3 is 39.5 Å². The lowest BCUT2D eigenvalue weighted by Crippen LogP contribution is -2.30. The second-order valence-corrected chi connectivity index (χ2v) is 33.7. The largest absolute Gasteiger partial charge is 0.472 e. The molecule has 19 heteroatoms. The van der Waals surface area contributed by atoms with E-state index in [0.717, 1.165) is 95.8 Å². The third kappa shape index (κ3) is 76.8. The minimum absolute atomic E-state index is 0.109. The Kier molecular flexibility index (Phi) is 76.3. The molecule has 0 saturated heterocycles. The average molecular weight is 1520 g/mol. The van der Waals surface area contributed by atoms with Crippen molar-refractivity contribution in [3.05, 3.63) is 0 Å². The smallest absolute Gasteiger partial charge is 0.462 e. The lowest BCUT2D eigenvalue weighted by molar-refractivity contribution is -0.161. The maximum atomic E-state index is 13.1. The van der Waals surface area contributed by atoms with Gasteiger partial charge in [-0.15, -0.1) is 0 Å². The second kappa shape index (κ2) is 77.8. The van der Waals surface area contributed by atoms with E-state index in [-0.39, 0.29) is 25.7 Å². The van der Waals surface area contributed by atoms with Crippen molar-refractivity contribution >= 4 is 39.5 Å². The van der Waals surface area contributed by atoms with E-state index >= 15 is 0 Å². The Morgan fingerprint density at radius 1 is 0.269 bits per heavy atom. The van der Waals surface area contributed by atoms with Crippen molar-refractivity contribution in [2.75, 3.05) is 39.6 Å². The van der Waals surface area contributed by atoms with Crippen LogP contribution >= 0.6 is 15.6 Å². The Bertz CT molecular complexity index is 1980. The zero-order chi connectivity index (χ0) is 76.2. The molecule has 3 N–H and O–H groups in total. The molecule has 6 atom stereocenters. The van der Waals surface area contributed by atoms with Crippen molar-refractivity contribution in [1.29, 1.82) is 0 Å². The molecule has 0 fully saturated rings. The SMILES string of the molecule is CCCCCCCCCCCCCCCCCCCCC(=O)OC[C@H](COP(=O)(O)OC[C@@H](O)COP(=O)(O)OC[C@@H](COC(=O)CCCCCCCCCC)OC(=O)CCCCCCCCCCCCCCCCCC)OC(=O)CCCCCCCCCCCCCCCCCCCCC(C)CC. The van der Waals surface area contributed by atoms with Crippen LogP contribution in [0.1, 0.15) is 458 Å². The van der Waals surface area contributed by atoms with Gasteiger partial charge in [0.2, 0.25) is 0 Å². The number of aliphatic hydroxyl groups excluding tert-OH is 1. The predicted molar refractivity (Wildman–Crippen MR) is 428 cm³/mol. The van der Waals surface area contributed by atoms with E-state index in [1.807, 2.05) is 0 Å². The van der Waals surface area contributed by atoms with Crippen molar-refractivity contribution in [3.63, 3.8) is 0 Å². The van der Waals surface area contributed by atoms with E-state index in [4.69, 9.17) is 37.0 Å². The van der Waals surface area contributed by atoms with E-state index in [1.165, 1.54) is 283 Å². The first kappa shape index (κ1) is 102. The summed E-state index contributed by atoms with van der Waals surface area (Å²) in [6.07, 6.45) is 70.9. The molecule has 0 radical (unpaired) electrons. The Labute approximate surface area is 638 Å². The maximum Gasteiger partial charge on any atom is 0.472 e. The Balaban J connectivity index is 5.18. The summed E-state index contributed by atoms with van der Waals surface area (Å²) in [4.78, 5) is 73.1. The third-order valence-corrected chi connectivity index (χ3v) is 22.3. The third-order valence-electron chi connectivity index (χ3n) is 20.4. The van der Waals surface area contributed by atoms with Crippen molar-refractivity contribution < 1.29 is 80.2 Å². The number of ether oxygens (including phenoxy) is 4. The topological polar surface area (TPSA) is 237 Å². The standard InChI is InChI=1S/C85H166O17P2/c1-6-10-13-16-19-22-24-26-28-30-34-38-41-45-49-54-59-64-69-83(88)96-75-81(102-85(90)71-66-61-56-51-47-43-39-35-32-31-33-36-40-44-48-52-57-62-67-78(5)9-4)77-100-104(93,94)98-73-79(86)72-97-103(91,92)99-76-80(74-95-82(87)68-63-58-53-21-18-15-12-8-3)101-84(89)70-65-60-55-50-46-42-37-29-27-25-23-20-17-14-11-7-2/h78-81,86H,6-77H2,1-5H3,(H,91,92)(H,93,94)/t78?,79-,80+,81+/m0/s1. The summed E-state index contributed by atoms with van der Waals surface area (Å²) in [7, 11) is -9.92. The first-order valence-electron chi connectivity index (χ1n) is 44.2. The van der Waals surface area contributed by atoms with E-state index in [9.17, 15) is 43.2 Å². The van der Waals surface area contributed by atoms with Crippen LogP contribution in [-0.4, -0.2) is 96.7 Å². The first-order valence-corrected chi connectivity index (χ1v) is 47.2. The molecule has 0 aromatic carbocycles. The summed E-state index contributed by atoms with van der Waals surface area (Å²) in [6, 6.07) is 0. The fourth-order valence-electron chi connectivity index (χ4n) is 13.3.